The van der Waals surface area contributed by atoms with E-state index in [1.807, 2.05) is 68.6 Å². The number of carbonyl (C=O) groups is 1. The summed E-state index contributed by atoms with van der Waals surface area (Å²) in [5.74, 6) is 0.907. The standard InChI is InChI=1S/C24H24N4O2S/c1-5-13-28-16(3)20(21(25-24(28)29)17-9-11-19(31-4)12-10-17)23-26-22(27-30-23)18-8-6-7-15(2)14-18/h5-12,14,21H,1,13H2,2-4H3,(H,25,29). The van der Waals surface area contributed by atoms with E-state index in [-0.39, 0.29) is 6.03 Å². The maximum atomic E-state index is 12.8. The second-order valence-corrected chi connectivity index (χ2v) is 8.23. The third-order valence-corrected chi connectivity index (χ3v) is 6.03. The number of thioether (sulfide) groups is 1. The molecule has 1 aliphatic heterocycles. The molecule has 0 saturated heterocycles. The molecular formula is C24H24N4O2S. The molecule has 2 heterocycles. The van der Waals surface area contributed by atoms with Gasteiger partial charge in [-0.2, -0.15) is 4.98 Å². The van der Waals surface area contributed by atoms with Crippen molar-refractivity contribution in [1.29, 1.82) is 0 Å². The monoisotopic (exact) mass is 432 g/mol. The molecule has 7 heteroatoms. The molecular weight excluding hydrogens is 408 g/mol. The highest BCUT2D eigenvalue weighted by atomic mass is 32.2. The Labute approximate surface area is 186 Å². The van der Waals surface area contributed by atoms with E-state index >= 15 is 0 Å². The molecule has 6 nitrogen and oxygen atoms in total. The first-order chi connectivity index (χ1) is 15.0. The average molecular weight is 433 g/mol. The fourth-order valence-electron chi connectivity index (χ4n) is 3.69. The lowest BCUT2D eigenvalue weighted by Gasteiger charge is -2.34. The molecule has 2 amide bonds. The van der Waals surface area contributed by atoms with E-state index in [9.17, 15) is 4.79 Å². The van der Waals surface area contributed by atoms with Crippen molar-refractivity contribution in [2.24, 2.45) is 0 Å². The van der Waals surface area contributed by atoms with Gasteiger partial charge in [-0.05, 0) is 43.9 Å². The molecule has 0 aliphatic carbocycles. The summed E-state index contributed by atoms with van der Waals surface area (Å²) >= 11 is 1.67. The third-order valence-electron chi connectivity index (χ3n) is 5.29. The molecule has 1 aromatic heterocycles. The van der Waals surface area contributed by atoms with Crippen molar-refractivity contribution in [3.8, 4) is 11.4 Å². The predicted octanol–water partition coefficient (Wildman–Crippen LogP) is 5.45. The minimum atomic E-state index is -0.393. The Morgan fingerprint density at radius 3 is 2.68 bits per heavy atom. The summed E-state index contributed by atoms with van der Waals surface area (Å²) in [6.45, 7) is 8.08. The van der Waals surface area contributed by atoms with E-state index in [0.717, 1.165) is 32.9 Å². The first kappa shape index (κ1) is 20.9. The second-order valence-electron chi connectivity index (χ2n) is 7.35. The van der Waals surface area contributed by atoms with Gasteiger partial charge in [0, 0.05) is 22.7 Å². The Hall–Kier alpha value is -3.32. The number of aromatic nitrogens is 2. The van der Waals surface area contributed by atoms with Crippen LogP contribution in [-0.2, 0) is 0 Å². The third kappa shape index (κ3) is 4.14. The van der Waals surface area contributed by atoms with Crippen molar-refractivity contribution in [3.05, 3.63) is 83.9 Å². The topological polar surface area (TPSA) is 71.3 Å². The largest absolute Gasteiger partial charge is 0.334 e. The molecule has 3 aromatic rings. The molecule has 31 heavy (non-hydrogen) atoms. The molecule has 0 bridgehead atoms. The molecule has 1 atom stereocenters. The highest BCUT2D eigenvalue weighted by molar-refractivity contribution is 7.98. The van der Waals surface area contributed by atoms with Gasteiger partial charge in [0.1, 0.15) is 0 Å². The minimum absolute atomic E-state index is 0.182. The van der Waals surface area contributed by atoms with E-state index in [0.29, 0.717) is 18.3 Å². The Bertz CT molecular complexity index is 1150. The number of nitrogens with one attached hydrogen (secondary N) is 1. The van der Waals surface area contributed by atoms with E-state index < -0.39 is 6.04 Å². The lowest BCUT2D eigenvalue weighted by Crippen LogP contribution is -2.46. The lowest BCUT2D eigenvalue weighted by molar-refractivity contribution is 0.209. The maximum absolute atomic E-state index is 12.8. The Kier molecular flexibility index (Phi) is 5.95. The Balaban J connectivity index is 1.81. The van der Waals surface area contributed by atoms with Crippen molar-refractivity contribution < 1.29 is 9.32 Å². The number of rotatable bonds is 6. The molecule has 4 rings (SSSR count). The van der Waals surface area contributed by atoms with Crippen molar-refractivity contribution in [2.75, 3.05) is 12.8 Å². The van der Waals surface area contributed by atoms with Crippen LogP contribution in [0.1, 0.15) is 30.0 Å². The SMILES string of the molecule is C=CCN1C(=O)NC(c2ccc(SC)cc2)C(c2nc(-c3cccc(C)c3)no2)=C1C. The van der Waals surface area contributed by atoms with Crippen LogP contribution < -0.4 is 5.32 Å². The van der Waals surface area contributed by atoms with Crippen LogP contribution in [0.2, 0.25) is 0 Å². The normalized spacial score (nSPS) is 16.4. The minimum Gasteiger partial charge on any atom is -0.334 e. The van der Waals surface area contributed by atoms with E-state index in [1.54, 1.807) is 22.7 Å². The van der Waals surface area contributed by atoms with Crippen LogP contribution in [0.3, 0.4) is 0 Å². The average Bonchev–Trinajstić information content (AvgIpc) is 3.26. The van der Waals surface area contributed by atoms with E-state index in [2.05, 4.69) is 22.0 Å². The van der Waals surface area contributed by atoms with Gasteiger partial charge in [0.2, 0.25) is 5.82 Å². The smallest absolute Gasteiger partial charge is 0.322 e. The molecule has 1 unspecified atom stereocenters. The first-order valence-electron chi connectivity index (χ1n) is 9.96. The van der Waals surface area contributed by atoms with Crippen LogP contribution in [0, 0.1) is 6.92 Å². The van der Waals surface area contributed by atoms with Crippen LogP contribution in [-0.4, -0.2) is 33.9 Å². The molecule has 0 radical (unpaired) electrons. The van der Waals surface area contributed by atoms with Gasteiger partial charge in [-0.3, -0.25) is 4.90 Å². The number of allylic oxidation sites excluding steroid dienone is 1. The van der Waals surface area contributed by atoms with Gasteiger partial charge in [0.05, 0.1) is 11.6 Å². The quantitative estimate of drug-likeness (QED) is 0.414. The lowest BCUT2D eigenvalue weighted by atomic mass is 9.94. The summed E-state index contributed by atoms with van der Waals surface area (Å²) in [5.41, 5.74) is 4.51. The summed E-state index contributed by atoms with van der Waals surface area (Å²) in [7, 11) is 0. The summed E-state index contributed by atoms with van der Waals surface area (Å²) in [5, 5.41) is 7.30. The zero-order chi connectivity index (χ0) is 22.0. The predicted molar refractivity (Wildman–Crippen MR) is 123 cm³/mol. The zero-order valence-electron chi connectivity index (χ0n) is 17.8. The van der Waals surface area contributed by atoms with Crippen LogP contribution in [0.5, 0.6) is 0 Å². The highest BCUT2D eigenvalue weighted by Crippen LogP contribution is 2.37. The highest BCUT2D eigenvalue weighted by Gasteiger charge is 2.35. The number of nitrogens with zero attached hydrogens (tertiary/aromatic N) is 3. The Morgan fingerprint density at radius 1 is 1.23 bits per heavy atom. The Morgan fingerprint density at radius 2 is 2.00 bits per heavy atom. The van der Waals surface area contributed by atoms with Crippen LogP contribution in [0.25, 0.3) is 17.0 Å². The summed E-state index contributed by atoms with van der Waals surface area (Å²) in [4.78, 5) is 20.3. The van der Waals surface area contributed by atoms with Gasteiger partial charge in [-0.1, -0.05) is 47.1 Å². The molecule has 2 aromatic carbocycles. The van der Waals surface area contributed by atoms with Gasteiger partial charge < -0.3 is 9.84 Å². The molecule has 0 spiro atoms. The van der Waals surface area contributed by atoms with Crippen molar-refractivity contribution in [2.45, 2.75) is 24.8 Å². The second kappa shape index (κ2) is 8.81. The number of amides is 2. The molecule has 1 aliphatic rings. The van der Waals surface area contributed by atoms with Crippen molar-refractivity contribution in [3.63, 3.8) is 0 Å². The number of hydrogen-bond donors (Lipinski definition) is 1. The van der Waals surface area contributed by atoms with Gasteiger partial charge in [-0.25, -0.2) is 4.79 Å². The molecule has 158 valence electrons. The van der Waals surface area contributed by atoms with E-state index in [4.69, 9.17) is 4.52 Å². The number of benzene rings is 2. The van der Waals surface area contributed by atoms with Crippen LogP contribution in [0.15, 0.2) is 76.3 Å². The summed E-state index contributed by atoms with van der Waals surface area (Å²) < 4.78 is 5.70. The van der Waals surface area contributed by atoms with Gasteiger partial charge in [0.15, 0.2) is 0 Å². The fourth-order valence-corrected chi connectivity index (χ4v) is 4.10. The molecule has 1 N–H and O–H groups in total. The number of carbonyl (C=O) groups excluding carboxylic acids is 1. The molecule has 0 saturated carbocycles. The van der Waals surface area contributed by atoms with E-state index in [1.165, 1.54) is 0 Å². The van der Waals surface area contributed by atoms with Gasteiger partial charge >= 0.3 is 6.03 Å². The van der Waals surface area contributed by atoms with Crippen LogP contribution in [0.4, 0.5) is 4.79 Å². The number of urea groups is 1. The fraction of sp³-hybridized carbons (Fsp3) is 0.208. The summed E-state index contributed by atoms with van der Waals surface area (Å²) in [6, 6.07) is 15.5. The van der Waals surface area contributed by atoms with Crippen LogP contribution >= 0.6 is 11.8 Å². The zero-order valence-corrected chi connectivity index (χ0v) is 18.6. The number of aryl methyl sites for hydroxylation is 1. The van der Waals surface area contributed by atoms with Crippen molar-refractivity contribution >= 4 is 23.4 Å². The van der Waals surface area contributed by atoms with Crippen molar-refractivity contribution in [1.82, 2.24) is 20.4 Å². The summed E-state index contributed by atoms with van der Waals surface area (Å²) in [6.07, 6.45) is 3.73. The maximum Gasteiger partial charge on any atom is 0.322 e. The van der Waals surface area contributed by atoms with Gasteiger partial charge in [-0.15, -0.1) is 18.3 Å². The number of hydrogen-bond acceptors (Lipinski definition) is 5. The first-order valence-corrected chi connectivity index (χ1v) is 11.2. The molecule has 0 fully saturated rings. The van der Waals surface area contributed by atoms with Gasteiger partial charge in [0.25, 0.3) is 5.89 Å².